The molecule has 5 nitrogen and oxygen atoms in total. The number of nitrogens with zero attached hydrogens (tertiary/aromatic N) is 1. The molecule has 4 rings (SSSR count). The molecule has 2 aliphatic carbocycles. The van der Waals surface area contributed by atoms with E-state index in [1.807, 2.05) is 30.1 Å². The number of esters is 1. The number of anilines is 1. The minimum atomic E-state index is -0.330. The fraction of sp³-hybridized carbons (Fsp3) is 0.542. The lowest BCUT2D eigenvalue weighted by molar-refractivity contribution is -0.155. The van der Waals surface area contributed by atoms with Gasteiger partial charge in [0.2, 0.25) is 0 Å². The highest BCUT2D eigenvalue weighted by Crippen LogP contribution is 2.46. The first-order valence-electron chi connectivity index (χ1n) is 10.6. The summed E-state index contributed by atoms with van der Waals surface area (Å²) in [6, 6.07) is 8.12. The molecule has 2 atom stereocenters. The van der Waals surface area contributed by atoms with Gasteiger partial charge in [-0.25, -0.2) is 0 Å². The summed E-state index contributed by atoms with van der Waals surface area (Å²) in [7, 11) is 1.95. The zero-order valence-electron chi connectivity index (χ0n) is 17.4. The number of para-hydroxylation sites is 1. The summed E-state index contributed by atoms with van der Waals surface area (Å²) in [4.78, 5) is 39.3. The predicted molar refractivity (Wildman–Crippen MR) is 110 cm³/mol. The highest BCUT2D eigenvalue weighted by Gasteiger charge is 2.42. The third-order valence-corrected chi connectivity index (χ3v) is 6.98. The van der Waals surface area contributed by atoms with E-state index < -0.39 is 0 Å². The van der Waals surface area contributed by atoms with Crippen molar-refractivity contribution in [2.24, 2.45) is 17.8 Å². The van der Waals surface area contributed by atoms with Gasteiger partial charge in [-0.2, -0.15) is 0 Å². The van der Waals surface area contributed by atoms with Crippen LogP contribution in [-0.2, 0) is 24.5 Å². The largest absolute Gasteiger partial charge is 0.457 e. The van der Waals surface area contributed by atoms with Crippen LogP contribution in [0.1, 0.15) is 51.5 Å². The van der Waals surface area contributed by atoms with Crippen molar-refractivity contribution in [1.82, 2.24) is 0 Å². The Kier molecular flexibility index (Phi) is 5.09. The maximum Gasteiger partial charge on any atom is 0.309 e. The first-order chi connectivity index (χ1) is 13.8. The van der Waals surface area contributed by atoms with Crippen LogP contribution < -0.4 is 4.90 Å². The number of hydrogen-bond donors (Lipinski definition) is 0. The van der Waals surface area contributed by atoms with Gasteiger partial charge >= 0.3 is 5.97 Å². The lowest BCUT2D eigenvalue weighted by Crippen LogP contribution is -2.39. The number of allylic oxidation sites excluding steroid dienone is 1. The van der Waals surface area contributed by atoms with Gasteiger partial charge in [-0.05, 0) is 37.3 Å². The fourth-order valence-corrected chi connectivity index (χ4v) is 5.39. The van der Waals surface area contributed by atoms with E-state index in [9.17, 15) is 14.4 Å². The third-order valence-electron chi connectivity index (χ3n) is 6.98. The molecule has 3 aliphatic rings. The molecule has 0 spiro atoms. The van der Waals surface area contributed by atoms with Crippen molar-refractivity contribution in [3.63, 3.8) is 0 Å². The molecule has 0 radical (unpaired) electrons. The Bertz CT molecular complexity index is 869. The van der Waals surface area contributed by atoms with Crippen LogP contribution in [0.15, 0.2) is 36.0 Å². The van der Waals surface area contributed by atoms with Crippen molar-refractivity contribution in [2.45, 2.75) is 51.4 Å². The topological polar surface area (TPSA) is 63.7 Å². The normalized spacial score (nSPS) is 28.9. The molecule has 1 aliphatic heterocycles. The molecule has 1 heterocycles. The smallest absolute Gasteiger partial charge is 0.309 e. The van der Waals surface area contributed by atoms with Crippen LogP contribution in [0.4, 0.5) is 5.69 Å². The van der Waals surface area contributed by atoms with E-state index in [1.54, 1.807) is 6.08 Å². The van der Waals surface area contributed by atoms with Crippen LogP contribution in [0, 0.1) is 17.8 Å². The van der Waals surface area contributed by atoms with Crippen molar-refractivity contribution >= 4 is 23.2 Å². The van der Waals surface area contributed by atoms with E-state index in [-0.39, 0.29) is 41.5 Å². The molecular weight excluding hydrogens is 366 g/mol. The van der Waals surface area contributed by atoms with Crippen LogP contribution in [-0.4, -0.2) is 31.2 Å². The van der Waals surface area contributed by atoms with E-state index in [2.05, 4.69) is 19.9 Å². The van der Waals surface area contributed by atoms with Gasteiger partial charge in [0.1, 0.15) is 5.78 Å². The maximum absolute atomic E-state index is 12.6. The van der Waals surface area contributed by atoms with Gasteiger partial charge < -0.3 is 9.64 Å². The summed E-state index contributed by atoms with van der Waals surface area (Å²) in [5.41, 5.74) is 2.88. The number of hydrogen-bond acceptors (Lipinski definition) is 5. The molecule has 0 amide bonds. The van der Waals surface area contributed by atoms with Crippen LogP contribution in [0.25, 0.3) is 0 Å². The van der Waals surface area contributed by atoms with Gasteiger partial charge in [-0.3, -0.25) is 14.4 Å². The zero-order valence-corrected chi connectivity index (χ0v) is 17.4. The highest BCUT2D eigenvalue weighted by atomic mass is 16.5. The number of carbonyl (C=O) groups excluding carboxylic acids is 3. The highest BCUT2D eigenvalue weighted by molar-refractivity contribution is 5.95. The zero-order chi connectivity index (χ0) is 20.8. The Morgan fingerprint density at radius 2 is 1.83 bits per heavy atom. The molecule has 5 heteroatoms. The average Bonchev–Trinajstić information content (AvgIpc) is 2.87. The molecule has 1 aromatic carbocycles. The van der Waals surface area contributed by atoms with Crippen molar-refractivity contribution in [3.05, 3.63) is 41.6 Å². The monoisotopic (exact) mass is 395 g/mol. The van der Waals surface area contributed by atoms with E-state index in [4.69, 9.17) is 4.74 Å². The molecular formula is C24H29NO4. The van der Waals surface area contributed by atoms with Gasteiger partial charge in [0.25, 0.3) is 0 Å². The number of likely N-dealkylation sites (N-methyl/N-ethyl adjacent to an activating group) is 1. The first-order valence-corrected chi connectivity index (χ1v) is 10.6. The van der Waals surface area contributed by atoms with Crippen LogP contribution in [0.2, 0.25) is 0 Å². The number of fused-ring (bicyclic) bond motifs is 3. The van der Waals surface area contributed by atoms with E-state index >= 15 is 0 Å². The summed E-state index contributed by atoms with van der Waals surface area (Å²) in [6.45, 7) is 3.94. The molecule has 0 aromatic heterocycles. The number of carbonyl (C=O) groups is 3. The second kappa shape index (κ2) is 7.43. The van der Waals surface area contributed by atoms with Crippen molar-refractivity contribution < 1.29 is 19.1 Å². The molecule has 1 aromatic rings. The summed E-state index contributed by atoms with van der Waals surface area (Å²) < 4.78 is 5.37. The Morgan fingerprint density at radius 1 is 1.17 bits per heavy atom. The molecule has 0 saturated heterocycles. The number of ether oxygens (including phenoxy) is 1. The molecule has 2 unspecified atom stereocenters. The summed E-state index contributed by atoms with van der Waals surface area (Å²) in [5, 5.41) is 0. The SMILES string of the molecule is CN1/C(=C\C(=O)COC(=O)C2CC3CCCC(C2)C3=O)C(C)(C)c2ccccc21. The van der Waals surface area contributed by atoms with Crippen LogP contribution >= 0.6 is 0 Å². The molecule has 2 saturated carbocycles. The first kappa shape index (κ1) is 19.9. The average molecular weight is 395 g/mol. The number of benzene rings is 1. The second-order valence-corrected chi connectivity index (χ2v) is 9.20. The summed E-state index contributed by atoms with van der Waals surface area (Å²) in [6.07, 6.45) is 5.59. The molecule has 0 N–H and O–H groups in total. The number of Topliss-reactive ketones (excluding diaryl/α,β-unsaturated/α-hetero) is 1. The molecule has 29 heavy (non-hydrogen) atoms. The number of rotatable bonds is 4. The summed E-state index contributed by atoms with van der Waals surface area (Å²) >= 11 is 0. The van der Waals surface area contributed by atoms with Gasteiger partial charge in [-0.15, -0.1) is 0 Å². The minimum absolute atomic E-state index is 0.00399. The van der Waals surface area contributed by atoms with Gasteiger partial charge in [-0.1, -0.05) is 38.5 Å². The minimum Gasteiger partial charge on any atom is -0.457 e. The summed E-state index contributed by atoms with van der Waals surface area (Å²) in [5.74, 6) is -0.462. The number of ketones is 2. The predicted octanol–water partition coefficient (Wildman–Crippen LogP) is 3.81. The Hall–Kier alpha value is -2.43. The second-order valence-electron chi connectivity index (χ2n) is 9.20. The molecule has 2 fully saturated rings. The van der Waals surface area contributed by atoms with Gasteiger partial charge in [0.15, 0.2) is 12.4 Å². The Morgan fingerprint density at radius 3 is 2.48 bits per heavy atom. The Labute approximate surface area is 172 Å². The maximum atomic E-state index is 12.6. The third kappa shape index (κ3) is 3.52. The van der Waals surface area contributed by atoms with E-state index in [0.717, 1.165) is 30.6 Å². The lowest BCUT2D eigenvalue weighted by atomic mass is 9.67. The van der Waals surface area contributed by atoms with E-state index in [0.29, 0.717) is 18.6 Å². The van der Waals surface area contributed by atoms with E-state index in [1.165, 1.54) is 5.56 Å². The fourth-order valence-electron chi connectivity index (χ4n) is 5.39. The van der Waals surface area contributed by atoms with Crippen LogP contribution in [0.5, 0.6) is 0 Å². The van der Waals surface area contributed by atoms with Crippen molar-refractivity contribution in [3.8, 4) is 0 Å². The standard InChI is InChI=1S/C24H29NO4/c1-24(2)19-9-4-5-10-20(19)25(3)21(24)13-18(26)14-29-23(28)17-11-15-7-6-8-16(12-17)22(15)27/h4-5,9-10,13,15-17H,6-8,11-12,14H2,1-3H3/b21-13-. The Balaban J connectivity index is 1.39. The van der Waals surface area contributed by atoms with Gasteiger partial charge in [0.05, 0.1) is 5.92 Å². The van der Waals surface area contributed by atoms with Crippen LogP contribution in [0.3, 0.4) is 0 Å². The van der Waals surface area contributed by atoms with Gasteiger partial charge in [0, 0.05) is 41.8 Å². The quantitative estimate of drug-likeness (QED) is 0.573. The molecule has 154 valence electrons. The van der Waals surface area contributed by atoms with Crippen molar-refractivity contribution in [1.29, 1.82) is 0 Å². The van der Waals surface area contributed by atoms with Crippen molar-refractivity contribution in [2.75, 3.05) is 18.6 Å². The lowest BCUT2D eigenvalue weighted by Gasteiger charge is -2.36. The molecule has 2 bridgehead atoms.